The van der Waals surface area contributed by atoms with E-state index in [1.54, 1.807) is 4.88 Å². The lowest BCUT2D eigenvalue weighted by Crippen LogP contribution is -2.16. The van der Waals surface area contributed by atoms with E-state index < -0.39 is 0 Å². The SMILES string of the molecule is CNC(c1ccc2[nH]c(=O)[nH]c2c1)c1cc2c(s1)CCC2. The minimum Gasteiger partial charge on any atom is -0.309 e. The molecule has 2 heterocycles. The zero-order valence-corrected chi connectivity index (χ0v) is 12.6. The number of aromatic amines is 2. The van der Waals surface area contributed by atoms with Crippen molar-refractivity contribution >= 4 is 22.4 Å². The number of benzene rings is 1. The summed E-state index contributed by atoms with van der Waals surface area (Å²) in [7, 11) is 1.99. The minimum atomic E-state index is -0.154. The molecule has 3 N–H and O–H groups in total. The van der Waals surface area contributed by atoms with Crippen LogP contribution in [0.4, 0.5) is 0 Å². The van der Waals surface area contributed by atoms with E-state index in [4.69, 9.17) is 0 Å². The third-order valence-electron chi connectivity index (χ3n) is 4.21. The average molecular weight is 299 g/mol. The van der Waals surface area contributed by atoms with Gasteiger partial charge in [0.25, 0.3) is 0 Å². The van der Waals surface area contributed by atoms with Crippen LogP contribution in [0, 0.1) is 0 Å². The molecule has 0 amide bonds. The quantitative estimate of drug-likeness (QED) is 0.696. The van der Waals surface area contributed by atoms with E-state index in [0.717, 1.165) is 11.0 Å². The molecule has 5 heteroatoms. The average Bonchev–Trinajstić information content (AvgIpc) is 3.12. The van der Waals surface area contributed by atoms with E-state index in [9.17, 15) is 4.79 Å². The van der Waals surface area contributed by atoms with E-state index in [1.165, 1.54) is 35.3 Å². The number of aryl methyl sites for hydroxylation is 2. The summed E-state index contributed by atoms with van der Waals surface area (Å²) in [6, 6.07) is 8.63. The Balaban J connectivity index is 1.77. The van der Waals surface area contributed by atoms with E-state index in [0.29, 0.717) is 0 Å². The maximum atomic E-state index is 11.4. The highest BCUT2D eigenvalue weighted by Crippen LogP contribution is 2.36. The summed E-state index contributed by atoms with van der Waals surface area (Å²) in [5.41, 5.74) is 4.26. The summed E-state index contributed by atoms with van der Waals surface area (Å²) in [6.45, 7) is 0. The number of H-pyrrole nitrogens is 2. The second-order valence-corrected chi connectivity index (χ2v) is 6.72. The molecule has 0 saturated heterocycles. The Bertz CT molecular complexity index is 836. The summed E-state index contributed by atoms with van der Waals surface area (Å²) in [5, 5.41) is 3.40. The second-order valence-electron chi connectivity index (χ2n) is 5.56. The van der Waals surface area contributed by atoms with Crippen molar-refractivity contribution in [3.8, 4) is 0 Å². The van der Waals surface area contributed by atoms with Gasteiger partial charge in [0.2, 0.25) is 0 Å². The zero-order chi connectivity index (χ0) is 14.4. The van der Waals surface area contributed by atoms with Crippen LogP contribution in [0.5, 0.6) is 0 Å². The largest absolute Gasteiger partial charge is 0.323 e. The Morgan fingerprint density at radius 1 is 1.19 bits per heavy atom. The molecule has 0 fully saturated rings. The van der Waals surface area contributed by atoms with Gasteiger partial charge in [0.05, 0.1) is 17.1 Å². The fourth-order valence-electron chi connectivity index (χ4n) is 3.20. The number of hydrogen-bond donors (Lipinski definition) is 3. The van der Waals surface area contributed by atoms with Crippen molar-refractivity contribution in [2.75, 3.05) is 7.05 Å². The van der Waals surface area contributed by atoms with Crippen LogP contribution >= 0.6 is 11.3 Å². The summed E-state index contributed by atoms with van der Waals surface area (Å²) >= 11 is 1.92. The molecule has 4 nitrogen and oxygen atoms in total. The normalized spacial score (nSPS) is 15.5. The molecule has 0 aliphatic heterocycles. The summed E-state index contributed by atoms with van der Waals surface area (Å²) in [4.78, 5) is 19.9. The Labute approximate surface area is 126 Å². The summed E-state index contributed by atoms with van der Waals surface area (Å²) in [6.07, 6.45) is 3.73. The Morgan fingerprint density at radius 2 is 2.05 bits per heavy atom. The number of imidazole rings is 1. The van der Waals surface area contributed by atoms with Crippen LogP contribution in [0.25, 0.3) is 11.0 Å². The lowest BCUT2D eigenvalue weighted by molar-refractivity contribution is 0.703. The third kappa shape index (κ3) is 2.13. The van der Waals surface area contributed by atoms with E-state index in [-0.39, 0.29) is 11.7 Å². The van der Waals surface area contributed by atoms with Crippen molar-refractivity contribution in [1.82, 2.24) is 15.3 Å². The molecule has 1 aliphatic rings. The van der Waals surface area contributed by atoms with E-state index in [2.05, 4.69) is 33.5 Å². The van der Waals surface area contributed by atoms with Gasteiger partial charge >= 0.3 is 5.69 Å². The van der Waals surface area contributed by atoms with Crippen LogP contribution in [0.15, 0.2) is 29.1 Å². The molecular formula is C16H17N3OS. The molecule has 21 heavy (non-hydrogen) atoms. The van der Waals surface area contributed by atoms with Gasteiger partial charge in [-0.1, -0.05) is 6.07 Å². The van der Waals surface area contributed by atoms with Gasteiger partial charge in [-0.15, -0.1) is 11.3 Å². The molecule has 1 unspecified atom stereocenters. The van der Waals surface area contributed by atoms with Crippen LogP contribution in [-0.2, 0) is 12.8 Å². The van der Waals surface area contributed by atoms with Crippen molar-refractivity contribution in [2.24, 2.45) is 0 Å². The second kappa shape index (κ2) is 4.86. The predicted molar refractivity (Wildman–Crippen MR) is 86.2 cm³/mol. The highest BCUT2D eigenvalue weighted by Gasteiger charge is 2.20. The van der Waals surface area contributed by atoms with Crippen LogP contribution in [0.3, 0.4) is 0 Å². The van der Waals surface area contributed by atoms with Crippen molar-refractivity contribution in [1.29, 1.82) is 0 Å². The topological polar surface area (TPSA) is 60.7 Å². The van der Waals surface area contributed by atoms with Gasteiger partial charge in [-0.3, -0.25) is 0 Å². The zero-order valence-electron chi connectivity index (χ0n) is 11.8. The highest BCUT2D eigenvalue weighted by atomic mass is 32.1. The molecule has 1 aromatic carbocycles. The predicted octanol–water partition coefficient (Wildman–Crippen LogP) is 2.72. The van der Waals surface area contributed by atoms with Gasteiger partial charge in [0, 0.05) is 9.75 Å². The van der Waals surface area contributed by atoms with Crippen molar-refractivity contribution in [3.05, 3.63) is 55.6 Å². The number of aromatic nitrogens is 2. The lowest BCUT2D eigenvalue weighted by atomic mass is 10.0. The van der Waals surface area contributed by atoms with E-state index in [1.807, 2.05) is 24.5 Å². The fourth-order valence-corrected chi connectivity index (χ4v) is 4.59. The summed E-state index contributed by atoms with van der Waals surface area (Å²) in [5.74, 6) is 0. The molecule has 3 aromatic rings. The maximum absolute atomic E-state index is 11.4. The number of hydrogen-bond acceptors (Lipinski definition) is 3. The number of thiophene rings is 1. The number of rotatable bonds is 3. The molecular weight excluding hydrogens is 282 g/mol. The van der Waals surface area contributed by atoms with Gasteiger partial charge in [0.1, 0.15) is 0 Å². The first-order valence-electron chi connectivity index (χ1n) is 7.25. The van der Waals surface area contributed by atoms with Gasteiger partial charge in [-0.25, -0.2) is 4.79 Å². The van der Waals surface area contributed by atoms with Crippen molar-refractivity contribution in [3.63, 3.8) is 0 Å². The first-order valence-corrected chi connectivity index (χ1v) is 8.07. The number of nitrogens with one attached hydrogen (secondary N) is 3. The van der Waals surface area contributed by atoms with Gasteiger partial charge in [0.15, 0.2) is 0 Å². The molecule has 0 bridgehead atoms. The number of fused-ring (bicyclic) bond motifs is 2. The van der Waals surface area contributed by atoms with Crippen molar-refractivity contribution < 1.29 is 0 Å². The van der Waals surface area contributed by atoms with Gasteiger partial charge < -0.3 is 15.3 Å². The Morgan fingerprint density at radius 3 is 2.86 bits per heavy atom. The van der Waals surface area contributed by atoms with Gasteiger partial charge in [-0.2, -0.15) is 0 Å². The minimum absolute atomic E-state index is 0.154. The third-order valence-corrected chi connectivity index (χ3v) is 5.51. The molecule has 0 spiro atoms. The maximum Gasteiger partial charge on any atom is 0.323 e. The standard InChI is InChI=1S/C16H17N3OS/c1-17-15(14-8-9-3-2-4-13(9)21-14)10-5-6-11-12(7-10)19-16(20)18-11/h5-8,15,17H,2-4H2,1H3,(H2,18,19,20). The molecule has 1 atom stereocenters. The smallest absolute Gasteiger partial charge is 0.309 e. The van der Waals surface area contributed by atoms with Crippen LogP contribution in [0.2, 0.25) is 0 Å². The van der Waals surface area contributed by atoms with Gasteiger partial charge in [-0.05, 0) is 55.6 Å². The molecule has 108 valence electrons. The van der Waals surface area contributed by atoms with Crippen LogP contribution < -0.4 is 11.0 Å². The molecule has 2 aromatic heterocycles. The highest BCUT2D eigenvalue weighted by molar-refractivity contribution is 7.12. The van der Waals surface area contributed by atoms with Crippen molar-refractivity contribution in [2.45, 2.75) is 25.3 Å². The molecule has 0 radical (unpaired) electrons. The monoisotopic (exact) mass is 299 g/mol. The lowest BCUT2D eigenvalue weighted by Gasteiger charge is -2.15. The van der Waals surface area contributed by atoms with E-state index >= 15 is 0 Å². The Kier molecular flexibility index (Phi) is 2.97. The van der Waals surface area contributed by atoms with Crippen LogP contribution in [0.1, 0.15) is 33.3 Å². The summed E-state index contributed by atoms with van der Waals surface area (Å²) < 4.78 is 0. The molecule has 0 saturated carbocycles. The Hall–Kier alpha value is -1.85. The first-order chi connectivity index (χ1) is 10.2. The molecule has 1 aliphatic carbocycles. The fraction of sp³-hybridized carbons (Fsp3) is 0.312. The first kappa shape index (κ1) is 12.9. The van der Waals surface area contributed by atoms with Crippen LogP contribution in [-0.4, -0.2) is 17.0 Å². The molecule has 4 rings (SSSR count).